The molecule has 0 fully saturated rings. The standard InChI is InChI=1S/C16H16N4/c17-15-3-4-16(14-11-19-8-6-13(14)15)20-9-5-12-2-1-7-18-10-12/h1-4,6-8,10-11,20H,5,9,17H2. The zero-order chi connectivity index (χ0) is 13.8. The Morgan fingerprint density at radius 3 is 2.70 bits per heavy atom. The summed E-state index contributed by atoms with van der Waals surface area (Å²) in [6, 6.07) is 9.91. The van der Waals surface area contributed by atoms with Crippen LogP contribution in [-0.2, 0) is 6.42 Å². The van der Waals surface area contributed by atoms with Gasteiger partial charge in [0.25, 0.3) is 0 Å². The summed E-state index contributed by atoms with van der Waals surface area (Å²) in [7, 11) is 0. The van der Waals surface area contributed by atoms with Gasteiger partial charge >= 0.3 is 0 Å². The van der Waals surface area contributed by atoms with Crippen LogP contribution in [0.1, 0.15) is 5.56 Å². The Hall–Kier alpha value is -2.62. The fourth-order valence-corrected chi connectivity index (χ4v) is 2.26. The maximum Gasteiger partial charge on any atom is 0.0437 e. The topological polar surface area (TPSA) is 63.8 Å². The molecule has 3 aromatic rings. The Bertz CT molecular complexity index is 710. The lowest BCUT2D eigenvalue weighted by Crippen LogP contribution is -2.05. The zero-order valence-electron chi connectivity index (χ0n) is 11.1. The van der Waals surface area contributed by atoms with Crippen molar-refractivity contribution in [2.24, 2.45) is 0 Å². The molecular weight excluding hydrogens is 248 g/mol. The highest BCUT2D eigenvalue weighted by Crippen LogP contribution is 2.27. The Labute approximate surface area is 117 Å². The number of pyridine rings is 2. The fraction of sp³-hybridized carbons (Fsp3) is 0.125. The van der Waals surface area contributed by atoms with Crippen molar-refractivity contribution >= 4 is 22.1 Å². The van der Waals surface area contributed by atoms with Crippen LogP contribution in [-0.4, -0.2) is 16.5 Å². The predicted octanol–water partition coefficient (Wildman–Crippen LogP) is 2.87. The summed E-state index contributed by atoms with van der Waals surface area (Å²) >= 11 is 0. The molecule has 0 amide bonds. The minimum Gasteiger partial charge on any atom is -0.398 e. The van der Waals surface area contributed by atoms with Gasteiger partial charge in [0.1, 0.15) is 0 Å². The van der Waals surface area contributed by atoms with Gasteiger partial charge in [0.2, 0.25) is 0 Å². The van der Waals surface area contributed by atoms with Crippen LogP contribution in [0.25, 0.3) is 10.8 Å². The molecule has 0 atom stereocenters. The average Bonchev–Trinajstić information content (AvgIpc) is 2.51. The Morgan fingerprint density at radius 2 is 1.85 bits per heavy atom. The van der Waals surface area contributed by atoms with Crippen LogP contribution in [0.5, 0.6) is 0 Å². The molecule has 0 bridgehead atoms. The Balaban J connectivity index is 1.77. The molecule has 4 nitrogen and oxygen atoms in total. The number of hydrogen-bond acceptors (Lipinski definition) is 4. The Kier molecular flexibility index (Phi) is 3.46. The van der Waals surface area contributed by atoms with E-state index in [0.29, 0.717) is 0 Å². The summed E-state index contributed by atoms with van der Waals surface area (Å²) < 4.78 is 0. The minimum absolute atomic E-state index is 0.778. The van der Waals surface area contributed by atoms with Crippen molar-refractivity contribution in [2.75, 3.05) is 17.6 Å². The van der Waals surface area contributed by atoms with Gasteiger partial charge in [-0.1, -0.05) is 6.07 Å². The van der Waals surface area contributed by atoms with Crippen LogP contribution in [0.3, 0.4) is 0 Å². The number of anilines is 2. The number of nitrogens with zero attached hydrogens (tertiary/aromatic N) is 2. The molecule has 0 aliphatic heterocycles. The highest BCUT2D eigenvalue weighted by atomic mass is 14.9. The summed E-state index contributed by atoms with van der Waals surface area (Å²) in [5, 5.41) is 5.53. The second kappa shape index (κ2) is 5.57. The lowest BCUT2D eigenvalue weighted by Gasteiger charge is -2.11. The van der Waals surface area contributed by atoms with Crippen LogP contribution < -0.4 is 11.1 Å². The molecule has 3 rings (SSSR count). The van der Waals surface area contributed by atoms with Gasteiger partial charge in [-0.3, -0.25) is 9.97 Å². The van der Waals surface area contributed by atoms with Crippen molar-refractivity contribution in [3.63, 3.8) is 0 Å². The molecule has 100 valence electrons. The van der Waals surface area contributed by atoms with Gasteiger partial charge in [-0.25, -0.2) is 0 Å². The molecule has 0 unspecified atom stereocenters. The number of nitrogens with one attached hydrogen (secondary N) is 1. The van der Waals surface area contributed by atoms with E-state index >= 15 is 0 Å². The third kappa shape index (κ3) is 2.54. The Morgan fingerprint density at radius 1 is 0.950 bits per heavy atom. The van der Waals surface area contributed by atoms with E-state index in [2.05, 4.69) is 21.4 Å². The first kappa shape index (κ1) is 12.4. The van der Waals surface area contributed by atoms with Gasteiger partial charge in [-0.05, 0) is 36.2 Å². The second-order valence-electron chi connectivity index (χ2n) is 4.66. The zero-order valence-corrected chi connectivity index (χ0v) is 11.1. The van der Waals surface area contributed by atoms with Gasteiger partial charge in [0, 0.05) is 53.5 Å². The highest BCUT2D eigenvalue weighted by Gasteiger charge is 2.03. The van der Waals surface area contributed by atoms with Gasteiger partial charge < -0.3 is 11.1 Å². The number of rotatable bonds is 4. The quantitative estimate of drug-likeness (QED) is 0.711. The van der Waals surface area contributed by atoms with E-state index in [1.54, 1.807) is 12.4 Å². The first-order valence-electron chi connectivity index (χ1n) is 6.59. The molecule has 2 aromatic heterocycles. The van der Waals surface area contributed by atoms with Crippen molar-refractivity contribution in [2.45, 2.75) is 6.42 Å². The SMILES string of the molecule is Nc1ccc(NCCc2cccnc2)c2cnccc12. The van der Waals surface area contributed by atoms with Gasteiger partial charge in [-0.15, -0.1) is 0 Å². The molecule has 0 saturated heterocycles. The van der Waals surface area contributed by atoms with E-state index in [1.165, 1.54) is 5.56 Å². The van der Waals surface area contributed by atoms with E-state index in [1.807, 2.05) is 36.7 Å². The average molecular weight is 264 g/mol. The van der Waals surface area contributed by atoms with Crippen molar-refractivity contribution in [3.8, 4) is 0 Å². The number of nitrogen functional groups attached to an aromatic ring is 1. The summed E-state index contributed by atoms with van der Waals surface area (Å²) in [5.74, 6) is 0. The predicted molar refractivity (Wildman–Crippen MR) is 82.6 cm³/mol. The number of fused-ring (bicyclic) bond motifs is 1. The maximum atomic E-state index is 5.98. The third-order valence-corrected chi connectivity index (χ3v) is 3.30. The third-order valence-electron chi connectivity index (χ3n) is 3.30. The van der Waals surface area contributed by atoms with E-state index in [4.69, 9.17) is 5.73 Å². The van der Waals surface area contributed by atoms with Crippen LogP contribution >= 0.6 is 0 Å². The van der Waals surface area contributed by atoms with Gasteiger partial charge in [0.05, 0.1) is 0 Å². The highest BCUT2D eigenvalue weighted by molar-refractivity contribution is 6.00. The molecule has 0 radical (unpaired) electrons. The first-order valence-corrected chi connectivity index (χ1v) is 6.59. The molecule has 4 heteroatoms. The smallest absolute Gasteiger partial charge is 0.0437 e. The summed E-state index contributed by atoms with van der Waals surface area (Å²) in [5.41, 5.74) is 9.04. The maximum absolute atomic E-state index is 5.98. The molecule has 0 aliphatic rings. The van der Waals surface area contributed by atoms with E-state index in [0.717, 1.165) is 35.1 Å². The van der Waals surface area contributed by atoms with Crippen molar-refractivity contribution in [3.05, 3.63) is 60.7 Å². The minimum atomic E-state index is 0.778. The number of benzene rings is 1. The second-order valence-corrected chi connectivity index (χ2v) is 4.66. The molecule has 0 spiro atoms. The summed E-state index contributed by atoms with van der Waals surface area (Å²) in [6.45, 7) is 0.847. The molecule has 2 heterocycles. The lowest BCUT2D eigenvalue weighted by atomic mass is 10.1. The monoisotopic (exact) mass is 264 g/mol. The van der Waals surface area contributed by atoms with Crippen LogP contribution in [0.4, 0.5) is 11.4 Å². The van der Waals surface area contributed by atoms with Gasteiger partial charge in [-0.2, -0.15) is 0 Å². The van der Waals surface area contributed by atoms with Crippen LogP contribution in [0.15, 0.2) is 55.1 Å². The van der Waals surface area contributed by atoms with Crippen molar-refractivity contribution in [1.82, 2.24) is 9.97 Å². The van der Waals surface area contributed by atoms with Crippen molar-refractivity contribution < 1.29 is 0 Å². The number of nitrogens with two attached hydrogens (primary N) is 1. The summed E-state index contributed by atoms with van der Waals surface area (Å²) in [6.07, 6.45) is 8.22. The molecule has 20 heavy (non-hydrogen) atoms. The van der Waals surface area contributed by atoms with Gasteiger partial charge in [0.15, 0.2) is 0 Å². The van der Waals surface area contributed by atoms with E-state index in [9.17, 15) is 0 Å². The summed E-state index contributed by atoms with van der Waals surface area (Å²) in [4.78, 5) is 8.29. The normalized spacial score (nSPS) is 10.6. The van der Waals surface area contributed by atoms with E-state index in [-0.39, 0.29) is 0 Å². The molecule has 0 aliphatic carbocycles. The molecule has 3 N–H and O–H groups in total. The first-order chi connectivity index (χ1) is 9.84. The molecular formula is C16H16N4. The van der Waals surface area contributed by atoms with Crippen LogP contribution in [0, 0.1) is 0 Å². The van der Waals surface area contributed by atoms with Crippen molar-refractivity contribution in [1.29, 1.82) is 0 Å². The van der Waals surface area contributed by atoms with Crippen LogP contribution in [0.2, 0.25) is 0 Å². The number of hydrogen-bond donors (Lipinski definition) is 2. The fourth-order valence-electron chi connectivity index (χ4n) is 2.26. The lowest BCUT2D eigenvalue weighted by molar-refractivity contribution is 1.01. The molecule has 0 saturated carbocycles. The largest absolute Gasteiger partial charge is 0.398 e. The molecule has 1 aromatic carbocycles. The number of aromatic nitrogens is 2. The van der Waals surface area contributed by atoms with E-state index < -0.39 is 0 Å².